The van der Waals surface area contributed by atoms with Crippen molar-refractivity contribution in [1.82, 2.24) is 10.6 Å². The van der Waals surface area contributed by atoms with Gasteiger partial charge in [-0.05, 0) is 25.9 Å². The first-order valence-corrected chi connectivity index (χ1v) is 4.80. The van der Waals surface area contributed by atoms with Crippen molar-refractivity contribution in [3.05, 3.63) is 0 Å². The second kappa shape index (κ2) is 8.50. The monoisotopic (exact) mass is 202 g/mol. The van der Waals surface area contributed by atoms with Gasteiger partial charge in [0.15, 0.2) is 0 Å². The minimum Gasteiger partial charge on any atom is -0.481 e. The van der Waals surface area contributed by atoms with Crippen LogP contribution in [0.3, 0.4) is 0 Å². The Morgan fingerprint density at radius 3 is 2.36 bits per heavy atom. The quantitative estimate of drug-likeness (QED) is 0.483. The van der Waals surface area contributed by atoms with E-state index in [1.54, 1.807) is 0 Å². The first-order chi connectivity index (χ1) is 6.63. The Morgan fingerprint density at radius 1 is 1.14 bits per heavy atom. The summed E-state index contributed by atoms with van der Waals surface area (Å²) < 4.78 is 0. The molecule has 3 N–H and O–H groups in total. The summed E-state index contributed by atoms with van der Waals surface area (Å²) in [5.74, 6) is -0.777. The van der Waals surface area contributed by atoms with Crippen LogP contribution in [0.15, 0.2) is 0 Å². The molecule has 1 amide bonds. The van der Waals surface area contributed by atoms with Gasteiger partial charge >= 0.3 is 5.97 Å². The van der Waals surface area contributed by atoms with E-state index >= 15 is 0 Å². The Hall–Kier alpha value is -1.10. The number of hydrogen-bond donors (Lipinski definition) is 3. The van der Waals surface area contributed by atoms with Crippen molar-refractivity contribution in [2.45, 2.75) is 26.2 Å². The number of hydrogen-bond acceptors (Lipinski definition) is 3. The lowest BCUT2D eigenvalue weighted by molar-refractivity contribution is -0.137. The van der Waals surface area contributed by atoms with Crippen LogP contribution in [0.4, 0.5) is 0 Å². The Kier molecular flexibility index (Phi) is 7.83. The van der Waals surface area contributed by atoms with Crippen molar-refractivity contribution >= 4 is 11.9 Å². The van der Waals surface area contributed by atoms with E-state index in [-0.39, 0.29) is 12.3 Å². The molecule has 0 rings (SSSR count). The second-order valence-electron chi connectivity index (χ2n) is 3.08. The van der Waals surface area contributed by atoms with Gasteiger partial charge in [0.05, 0.1) is 0 Å². The molecule has 0 aromatic carbocycles. The topological polar surface area (TPSA) is 78.4 Å². The summed E-state index contributed by atoms with van der Waals surface area (Å²) in [5, 5.41) is 14.1. The average Bonchev–Trinajstić information content (AvgIpc) is 2.08. The highest BCUT2D eigenvalue weighted by Gasteiger charge is 1.95. The molecular formula is C9H18N2O3. The number of aliphatic carboxylic acids is 1. The van der Waals surface area contributed by atoms with Gasteiger partial charge in [-0.3, -0.25) is 9.59 Å². The van der Waals surface area contributed by atoms with E-state index in [1.807, 2.05) is 0 Å². The Bertz CT molecular complexity index is 163. The number of carbonyl (C=O) groups is 2. The van der Waals surface area contributed by atoms with Crippen LogP contribution in [0.5, 0.6) is 0 Å². The number of carboxylic acid groups (broad SMARTS) is 1. The maximum atomic E-state index is 10.5. The lowest BCUT2D eigenvalue weighted by atomic mass is 10.3. The molecule has 0 unspecified atom stereocenters. The smallest absolute Gasteiger partial charge is 0.303 e. The van der Waals surface area contributed by atoms with Gasteiger partial charge in [-0.2, -0.15) is 0 Å². The second-order valence-corrected chi connectivity index (χ2v) is 3.08. The van der Waals surface area contributed by atoms with Gasteiger partial charge in [0.25, 0.3) is 0 Å². The molecule has 0 radical (unpaired) electrons. The van der Waals surface area contributed by atoms with Gasteiger partial charge in [0.2, 0.25) is 5.91 Å². The van der Waals surface area contributed by atoms with E-state index in [9.17, 15) is 9.59 Å². The summed E-state index contributed by atoms with van der Waals surface area (Å²) >= 11 is 0. The zero-order chi connectivity index (χ0) is 10.8. The first-order valence-electron chi connectivity index (χ1n) is 4.80. The molecule has 0 heterocycles. The molecular weight excluding hydrogens is 184 g/mol. The van der Waals surface area contributed by atoms with Gasteiger partial charge in [-0.15, -0.1) is 0 Å². The molecule has 0 aromatic rings. The molecule has 14 heavy (non-hydrogen) atoms. The molecule has 82 valence electrons. The maximum absolute atomic E-state index is 10.5. The molecule has 0 aliphatic heterocycles. The third kappa shape index (κ3) is 10.9. The Labute approximate surface area is 83.9 Å². The highest BCUT2D eigenvalue weighted by molar-refractivity contribution is 5.72. The van der Waals surface area contributed by atoms with E-state index in [0.717, 1.165) is 13.0 Å². The summed E-state index contributed by atoms with van der Waals surface area (Å²) in [5.41, 5.74) is 0. The standard InChI is InChI=1S/C9H18N2O3/c1-8(12)11-7-3-6-10-5-2-4-9(13)14/h10H,2-7H2,1H3,(H,11,12)(H,13,14). The summed E-state index contributed by atoms with van der Waals surface area (Å²) in [4.78, 5) is 20.6. The molecule has 0 aromatic heterocycles. The van der Waals surface area contributed by atoms with Gasteiger partial charge in [-0.25, -0.2) is 0 Å². The molecule has 0 aliphatic rings. The fourth-order valence-corrected chi connectivity index (χ4v) is 0.967. The van der Waals surface area contributed by atoms with Crippen LogP contribution in [0, 0.1) is 0 Å². The Balaban J connectivity index is 2.99. The molecule has 5 heteroatoms. The third-order valence-electron chi connectivity index (χ3n) is 1.65. The largest absolute Gasteiger partial charge is 0.481 e. The average molecular weight is 202 g/mol. The minimum absolute atomic E-state index is 0.0177. The van der Waals surface area contributed by atoms with Crippen LogP contribution in [-0.2, 0) is 9.59 Å². The molecule has 0 spiro atoms. The van der Waals surface area contributed by atoms with E-state index in [1.165, 1.54) is 6.92 Å². The number of amides is 1. The summed E-state index contributed by atoms with van der Waals surface area (Å²) in [7, 11) is 0. The predicted octanol–water partition coefficient (Wildman–Crippen LogP) is -0.0330. The predicted molar refractivity (Wildman–Crippen MR) is 53.0 cm³/mol. The van der Waals surface area contributed by atoms with Gasteiger partial charge < -0.3 is 15.7 Å². The SMILES string of the molecule is CC(=O)NCCCNCCCC(=O)O. The number of rotatable bonds is 8. The highest BCUT2D eigenvalue weighted by Crippen LogP contribution is 1.85. The lowest BCUT2D eigenvalue weighted by Gasteiger charge is -2.03. The molecule has 0 aliphatic carbocycles. The van der Waals surface area contributed by atoms with Crippen molar-refractivity contribution in [1.29, 1.82) is 0 Å². The van der Waals surface area contributed by atoms with E-state index in [0.29, 0.717) is 19.5 Å². The van der Waals surface area contributed by atoms with Crippen molar-refractivity contribution in [2.75, 3.05) is 19.6 Å². The van der Waals surface area contributed by atoms with Crippen LogP contribution >= 0.6 is 0 Å². The van der Waals surface area contributed by atoms with Crippen molar-refractivity contribution in [3.8, 4) is 0 Å². The van der Waals surface area contributed by atoms with Gasteiger partial charge in [-0.1, -0.05) is 0 Å². The lowest BCUT2D eigenvalue weighted by Crippen LogP contribution is -2.25. The van der Waals surface area contributed by atoms with Crippen LogP contribution in [-0.4, -0.2) is 36.6 Å². The molecule has 0 fully saturated rings. The zero-order valence-electron chi connectivity index (χ0n) is 8.51. The van der Waals surface area contributed by atoms with Crippen LogP contribution in [0.2, 0.25) is 0 Å². The number of nitrogens with one attached hydrogen (secondary N) is 2. The molecule has 0 saturated heterocycles. The number of carboxylic acids is 1. The first kappa shape index (κ1) is 12.9. The normalized spacial score (nSPS) is 9.79. The fraction of sp³-hybridized carbons (Fsp3) is 0.778. The van der Waals surface area contributed by atoms with E-state index < -0.39 is 5.97 Å². The fourth-order valence-electron chi connectivity index (χ4n) is 0.967. The van der Waals surface area contributed by atoms with Crippen molar-refractivity contribution < 1.29 is 14.7 Å². The highest BCUT2D eigenvalue weighted by atomic mass is 16.4. The minimum atomic E-state index is -0.759. The summed E-state index contributed by atoms with van der Waals surface area (Å²) in [6.45, 7) is 3.67. The van der Waals surface area contributed by atoms with Gasteiger partial charge in [0.1, 0.15) is 0 Å². The van der Waals surface area contributed by atoms with Crippen molar-refractivity contribution in [3.63, 3.8) is 0 Å². The summed E-state index contributed by atoms with van der Waals surface area (Å²) in [6.07, 6.45) is 1.72. The van der Waals surface area contributed by atoms with Crippen molar-refractivity contribution in [2.24, 2.45) is 0 Å². The molecule has 0 bridgehead atoms. The van der Waals surface area contributed by atoms with Gasteiger partial charge in [0, 0.05) is 19.9 Å². The summed E-state index contributed by atoms with van der Waals surface area (Å²) in [6, 6.07) is 0. The Morgan fingerprint density at radius 2 is 1.79 bits per heavy atom. The third-order valence-corrected chi connectivity index (χ3v) is 1.65. The number of carbonyl (C=O) groups excluding carboxylic acids is 1. The van der Waals surface area contributed by atoms with E-state index in [4.69, 9.17) is 5.11 Å². The zero-order valence-corrected chi connectivity index (χ0v) is 8.51. The molecule has 0 saturated carbocycles. The molecule has 0 atom stereocenters. The van der Waals surface area contributed by atoms with Crippen LogP contribution < -0.4 is 10.6 Å². The van der Waals surface area contributed by atoms with Crippen LogP contribution in [0.1, 0.15) is 26.2 Å². The van der Waals surface area contributed by atoms with E-state index in [2.05, 4.69) is 10.6 Å². The van der Waals surface area contributed by atoms with Crippen LogP contribution in [0.25, 0.3) is 0 Å². The molecule has 5 nitrogen and oxygen atoms in total. The maximum Gasteiger partial charge on any atom is 0.303 e.